The maximum atomic E-state index is 4.75. The van der Waals surface area contributed by atoms with Crippen molar-refractivity contribution in [3.8, 4) is 0 Å². The Kier molecular flexibility index (Phi) is 3.14. The molecular formula is C19H21N3. The Morgan fingerprint density at radius 1 is 1.18 bits per heavy atom. The van der Waals surface area contributed by atoms with Gasteiger partial charge in [0.05, 0.1) is 11.0 Å². The van der Waals surface area contributed by atoms with Crippen molar-refractivity contribution in [2.45, 2.75) is 25.7 Å². The molecule has 4 rings (SSSR count). The van der Waals surface area contributed by atoms with Gasteiger partial charge in [-0.3, -0.25) is 0 Å². The van der Waals surface area contributed by atoms with Crippen molar-refractivity contribution in [1.82, 2.24) is 9.97 Å². The third-order valence-corrected chi connectivity index (χ3v) is 4.77. The number of nitrogens with one attached hydrogen (secondary N) is 1. The summed E-state index contributed by atoms with van der Waals surface area (Å²) in [6.07, 6.45) is 2.42. The summed E-state index contributed by atoms with van der Waals surface area (Å²) in [6.45, 7) is 3.39. The Bertz CT molecular complexity index is 785. The first-order valence-corrected chi connectivity index (χ1v) is 8.01. The highest BCUT2D eigenvalue weighted by Gasteiger charge is 2.18. The molecule has 1 N–H and O–H groups in total. The number of imidazole rings is 1. The molecule has 1 unspecified atom stereocenters. The van der Waals surface area contributed by atoms with Gasteiger partial charge < -0.3 is 9.88 Å². The molecule has 0 radical (unpaired) electrons. The second-order valence-corrected chi connectivity index (χ2v) is 6.27. The number of H-pyrrole nitrogens is 1. The minimum Gasteiger partial charge on any atom is -0.374 e. The average Bonchev–Trinajstić information content (AvgIpc) is 2.98. The smallest absolute Gasteiger partial charge is 0.114 e. The van der Waals surface area contributed by atoms with E-state index in [1.165, 1.54) is 29.7 Å². The molecule has 1 aliphatic heterocycles. The number of fused-ring (bicyclic) bond motifs is 2. The van der Waals surface area contributed by atoms with E-state index in [4.69, 9.17) is 4.98 Å². The van der Waals surface area contributed by atoms with Crippen LogP contribution in [0, 0.1) is 0 Å². The molecule has 0 aliphatic carbocycles. The third kappa shape index (κ3) is 2.17. The molecule has 0 fully saturated rings. The SMILES string of the molecule is CC(c1ccc2c(c1)CCCN2C)c1nc2ccccc2[nH]1. The molecular weight excluding hydrogens is 270 g/mol. The number of aromatic amines is 1. The van der Waals surface area contributed by atoms with Gasteiger partial charge in [-0.1, -0.05) is 31.2 Å². The summed E-state index contributed by atoms with van der Waals surface area (Å²) in [6, 6.07) is 15.1. The van der Waals surface area contributed by atoms with Gasteiger partial charge in [0.2, 0.25) is 0 Å². The van der Waals surface area contributed by atoms with Crippen molar-refractivity contribution in [3.63, 3.8) is 0 Å². The van der Waals surface area contributed by atoms with Crippen molar-refractivity contribution >= 4 is 16.7 Å². The van der Waals surface area contributed by atoms with Gasteiger partial charge in [-0.05, 0) is 42.2 Å². The lowest BCUT2D eigenvalue weighted by Crippen LogP contribution is -2.24. The molecule has 2 heterocycles. The zero-order valence-corrected chi connectivity index (χ0v) is 13.1. The number of aromatic nitrogens is 2. The number of para-hydroxylation sites is 2. The zero-order valence-electron chi connectivity index (χ0n) is 13.1. The predicted octanol–water partition coefficient (Wildman–Crippen LogP) is 4.10. The number of hydrogen-bond acceptors (Lipinski definition) is 2. The summed E-state index contributed by atoms with van der Waals surface area (Å²) in [4.78, 5) is 10.6. The summed E-state index contributed by atoms with van der Waals surface area (Å²) in [7, 11) is 2.18. The number of hydrogen-bond donors (Lipinski definition) is 1. The highest BCUT2D eigenvalue weighted by Crippen LogP contribution is 2.31. The first kappa shape index (κ1) is 13.4. The number of anilines is 1. The molecule has 0 saturated heterocycles. The van der Waals surface area contributed by atoms with E-state index in [1.807, 2.05) is 12.1 Å². The maximum Gasteiger partial charge on any atom is 0.114 e. The van der Waals surface area contributed by atoms with Crippen LogP contribution < -0.4 is 4.90 Å². The zero-order chi connectivity index (χ0) is 15.1. The highest BCUT2D eigenvalue weighted by molar-refractivity contribution is 5.75. The standard InChI is InChI=1S/C19H21N3/c1-13(19-20-16-7-3-4-8-17(16)21-19)14-9-10-18-15(12-14)6-5-11-22(18)2/h3-4,7-10,12-13H,5-6,11H2,1-2H3,(H,20,21). The Morgan fingerprint density at radius 3 is 2.91 bits per heavy atom. The second kappa shape index (κ2) is 5.16. The molecule has 0 spiro atoms. The number of rotatable bonds is 2. The fourth-order valence-corrected chi connectivity index (χ4v) is 3.41. The van der Waals surface area contributed by atoms with Gasteiger partial charge in [-0.2, -0.15) is 0 Å². The maximum absolute atomic E-state index is 4.75. The summed E-state index contributed by atoms with van der Waals surface area (Å²) in [5, 5.41) is 0. The van der Waals surface area contributed by atoms with Crippen LogP contribution in [-0.4, -0.2) is 23.6 Å². The van der Waals surface area contributed by atoms with Gasteiger partial charge in [-0.15, -0.1) is 0 Å². The fraction of sp³-hybridized carbons (Fsp3) is 0.316. The Morgan fingerprint density at radius 2 is 2.05 bits per heavy atom. The second-order valence-electron chi connectivity index (χ2n) is 6.27. The van der Waals surface area contributed by atoms with Crippen LogP contribution in [0.5, 0.6) is 0 Å². The lowest BCUT2D eigenvalue weighted by atomic mass is 9.94. The van der Waals surface area contributed by atoms with E-state index in [0.717, 1.165) is 23.4 Å². The van der Waals surface area contributed by atoms with Crippen LogP contribution in [0.25, 0.3) is 11.0 Å². The van der Waals surface area contributed by atoms with Crippen LogP contribution in [-0.2, 0) is 6.42 Å². The largest absolute Gasteiger partial charge is 0.374 e. The third-order valence-electron chi connectivity index (χ3n) is 4.77. The Hall–Kier alpha value is -2.29. The van der Waals surface area contributed by atoms with Crippen molar-refractivity contribution < 1.29 is 0 Å². The average molecular weight is 291 g/mol. The van der Waals surface area contributed by atoms with E-state index in [-0.39, 0.29) is 5.92 Å². The van der Waals surface area contributed by atoms with Gasteiger partial charge in [-0.25, -0.2) is 4.98 Å². The predicted molar refractivity (Wildman–Crippen MR) is 91.6 cm³/mol. The fourth-order valence-electron chi connectivity index (χ4n) is 3.41. The summed E-state index contributed by atoms with van der Waals surface area (Å²) < 4.78 is 0. The van der Waals surface area contributed by atoms with E-state index < -0.39 is 0 Å². The van der Waals surface area contributed by atoms with Gasteiger partial charge in [0.1, 0.15) is 5.82 Å². The molecule has 0 saturated carbocycles. The van der Waals surface area contributed by atoms with Crippen molar-refractivity contribution in [1.29, 1.82) is 0 Å². The number of benzene rings is 2. The van der Waals surface area contributed by atoms with Crippen LogP contribution in [0.1, 0.15) is 36.2 Å². The molecule has 3 aromatic rings. The minimum absolute atomic E-state index is 0.282. The van der Waals surface area contributed by atoms with E-state index >= 15 is 0 Å². The van der Waals surface area contributed by atoms with Crippen LogP contribution in [0.3, 0.4) is 0 Å². The molecule has 3 nitrogen and oxygen atoms in total. The van der Waals surface area contributed by atoms with Gasteiger partial charge in [0.25, 0.3) is 0 Å². The lowest BCUT2D eigenvalue weighted by Gasteiger charge is -2.28. The topological polar surface area (TPSA) is 31.9 Å². The normalized spacial score (nSPS) is 15.8. The van der Waals surface area contributed by atoms with Gasteiger partial charge >= 0.3 is 0 Å². The molecule has 3 heteroatoms. The van der Waals surface area contributed by atoms with Crippen LogP contribution in [0.4, 0.5) is 5.69 Å². The van der Waals surface area contributed by atoms with E-state index in [2.05, 4.69) is 54.2 Å². The van der Waals surface area contributed by atoms with E-state index in [0.29, 0.717) is 0 Å². The molecule has 0 bridgehead atoms. The molecule has 1 atom stereocenters. The quantitative estimate of drug-likeness (QED) is 0.771. The molecule has 2 aromatic carbocycles. The Labute approximate surface area is 131 Å². The summed E-state index contributed by atoms with van der Waals surface area (Å²) in [5.41, 5.74) is 6.35. The van der Waals surface area contributed by atoms with Gasteiger partial charge in [0, 0.05) is 25.2 Å². The van der Waals surface area contributed by atoms with Crippen molar-refractivity contribution in [2.24, 2.45) is 0 Å². The number of aryl methyl sites for hydroxylation is 1. The monoisotopic (exact) mass is 291 g/mol. The van der Waals surface area contributed by atoms with Crippen LogP contribution in [0.15, 0.2) is 42.5 Å². The lowest BCUT2D eigenvalue weighted by molar-refractivity contribution is 0.739. The first-order valence-electron chi connectivity index (χ1n) is 8.01. The van der Waals surface area contributed by atoms with E-state index in [9.17, 15) is 0 Å². The Balaban J connectivity index is 1.71. The highest BCUT2D eigenvalue weighted by atomic mass is 15.1. The molecule has 22 heavy (non-hydrogen) atoms. The van der Waals surface area contributed by atoms with Crippen molar-refractivity contribution in [3.05, 3.63) is 59.4 Å². The number of nitrogens with zero attached hydrogens (tertiary/aromatic N) is 2. The molecule has 112 valence electrons. The van der Waals surface area contributed by atoms with E-state index in [1.54, 1.807) is 0 Å². The minimum atomic E-state index is 0.282. The van der Waals surface area contributed by atoms with Crippen molar-refractivity contribution in [2.75, 3.05) is 18.5 Å². The molecule has 1 aromatic heterocycles. The molecule has 1 aliphatic rings. The van der Waals surface area contributed by atoms with Gasteiger partial charge in [0.15, 0.2) is 0 Å². The van der Waals surface area contributed by atoms with Crippen LogP contribution in [0.2, 0.25) is 0 Å². The molecule has 0 amide bonds. The summed E-state index contributed by atoms with van der Waals surface area (Å²) >= 11 is 0. The first-order chi connectivity index (χ1) is 10.7. The summed E-state index contributed by atoms with van der Waals surface area (Å²) in [5.74, 6) is 1.33. The van der Waals surface area contributed by atoms with Crippen LogP contribution >= 0.6 is 0 Å².